The SMILES string of the molecule is C=C1COC23OCCC4C(CCCC)C(C(C(=O)OC)=C(C(=O)OC)C42)C13OC(CBr)OCC. The Labute approximate surface area is 209 Å². The highest BCUT2D eigenvalue weighted by molar-refractivity contribution is 9.09. The number of esters is 2. The lowest BCUT2D eigenvalue weighted by atomic mass is 9.45. The molecule has 1 spiro atoms. The molecule has 0 aromatic carbocycles. The first-order chi connectivity index (χ1) is 16.4. The van der Waals surface area contributed by atoms with Crippen molar-refractivity contribution in [2.45, 2.75) is 57.2 Å². The van der Waals surface area contributed by atoms with Crippen LogP contribution in [0.3, 0.4) is 0 Å². The van der Waals surface area contributed by atoms with Gasteiger partial charge in [-0.3, -0.25) is 0 Å². The highest BCUT2D eigenvalue weighted by atomic mass is 79.9. The van der Waals surface area contributed by atoms with Crippen LogP contribution in [0.25, 0.3) is 0 Å². The fourth-order valence-corrected chi connectivity index (χ4v) is 7.19. The molecule has 7 unspecified atom stereocenters. The fourth-order valence-electron chi connectivity index (χ4n) is 6.87. The quantitative estimate of drug-likeness (QED) is 0.179. The van der Waals surface area contributed by atoms with Crippen LogP contribution < -0.4 is 0 Å². The van der Waals surface area contributed by atoms with Gasteiger partial charge in [-0.15, -0.1) is 0 Å². The third-order valence-electron chi connectivity index (χ3n) is 7.93. The van der Waals surface area contributed by atoms with Crippen LogP contribution in [0.5, 0.6) is 0 Å². The smallest absolute Gasteiger partial charge is 0.334 e. The second-order valence-corrected chi connectivity index (χ2v) is 9.97. The van der Waals surface area contributed by atoms with Crippen LogP contribution >= 0.6 is 15.9 Å². The highest BCUT2D eigenvalue weighted by Gasteiger charge is 2.80. The average Bonchev–Trinajstić information content (AvgIpc) is 3.13. The van der Waals surface area contributed by atoms with E-state index in [-0.39, 0.29) is 24.0 Å². The largest absolute Gasteiger partial charge is 0.466 e. The Bertz CT molecular complexity index is 871. The molecule has 190 valence electrons. The van der Waals surface area contributed by atoms with Crippen molar-refractivity contribution >= 4 is 27.9 Å². The summed E-state index contributed by atoms with van der Waals surface area (Å²) < 4.78 is 36.0. The maximum atomic E-state index is 13.3. The lowest BCUT2D eigenvalue weighted by Gasteiger charge is -2.66. The standard InChI is InChI=1S/C25H35BrO8/c1-6-8-9-15-16-10-11-32-25-21(16)19(23(28)30-5)18(22(27)29-4)20(15)24(25,14(3)13-33-25)34-17(12-26)31-7-2/h15-17,20-21H,3,6-13H2,1-2,4-5H3. The summed E-state index contributed by atoms with van der Waals surface area (Å²) >= 11 is 3.50. The van der Waals surface area contributed by atoms with E-state index in [2.05, 4.69) is 29.4 Å². The van der Waals surface area contributed by atoms with E-state index in [4.69, 9.17) is 28.4 Å². The molecular formula is C25H35BrO8. The van der Waals surface area contributed by atoms with Crippen molar-refractivity contribution in [2.75, 3.05) is 39.4 Å². The summed E-state index contributed by atoms with van der Waals surface area (Å²) in [5.41, 5.74) is 0.0638. The van der Waals surface area contributed by atoms with Gasteiger partial charge in [-0.1, -0.05) is 42.3 Å². The molecule has 0 amide bonds. The van der Waals surface area contributed by atoms with Crippen molar-refractivity contribution in [1.82, 2.24) is 0 Å². The molecular weight excluding hydrogens is 508 g/mol. The fraction of sp³-hybridized carbons (Fsp3) is 0.760. The summed E-state index contributed by atoms with van der Waals surface area (Å²) in [7, 11) is 2.65. The monoisotopic (exact) mass is 542 g/mol. The Hall–Kier alpha value is -1.26. The van der Waals surface area contributed by atoms with E-state index in [9.17, 15) is 9.59 Å². The molecule has 8 nitrogen and oxygen atoms in total. The maximum Gasteiger partial charge on any atom is 0.334 e. The molecule has 5 aliphatic rings. The zero-order valence-corrected chi connectivity index (χ0v) is 22.0. The molecule has 2 saturated heterocycles. The first-order valence-corrected chi connectivity index (χ1v) is 13.2. The number of rotatable bonds is 10. The van der Waals surface area contributed by atoms with E-state index in [0.29, 0.717) is 29.7 Å². The number of carbonyl (C=O) groups excluding carboxylic acids is 2. The normalized spacial score (nSPS) is 36.9. The Kier molecular flexibility index (Phi) is 7.60. The Balaban J connectivity index is 2.01. The molecule has 2 heterocycles. The molecule has 0 aromatic rings. The van der Waals surface area contributed by atoms with Crippen LogP contribution in [0, 0.1) is 23.7 Å². The van der Waals surface area contributed by atoms with Crippen molar-refractivity contribution in [3.05, 3.63) is 23.3 Å². The predicted molar refractivity (Wildman–Crippen MR) is 126 cm³/mol. The summed E-state index contributed by atoms with van der Waals surface area (Å²) in [6, 6.07) is 0. The molecule has 9 heteroatoms. The van der Waals surface area contributed by atoms with Crippen LogP contribution in [-0.2, 0) is 38.0 Å². The van der Waals surface area contributed by atoms with Gasteiger partial charge in [0.05, 0.1) is 49.8 Å². The van der Waals surface area contributed by atoms with Crippen LogP contribution in [-0.4, -0.2) is 69.0 Å². The molecule has 0 N–H and O–H groups in total. The van der Waals surface area contributed by atoms with Gasteiger partial charge < -0.3 is 28.4 Å². The average molecular weight is 543 g/mol. The van der Waals surface area contributed by atoms with E-state index in [0.717, 1.165) is 25.7 Å². The lowest BCUT2D eigenvalue weighted by Crippen LogP contribution is -2.76. The second-order valence-electron chi connectivity index (χ2n) is 9.33. The number of hydrogen-bond donors (Lipinski definition) is 0. The minimum Gasteiger partial charge on any atom is -0.466 e. The molecule has 1 saturated carbocycles. The molecule has 5 rings (SSSR count). The lowest BCUT2D eigenvalue weighted by molar-refractivity contribution is -0.390. The number of methoxy groups -OCH3 is 2. The third-order valence-corrected chi connectivity index (χ3v) is 8.46. The number of ether oxygens (including phenoxy) is 6. The Morgan fingerprint density at radius 2 is 1.82 bits per heavy atom. The summed E-state index contributed by atoms with van der Waals surface area (Å²) in [6.45, 7) is 9.49. The topological polar surface area (TPSA) is 89.5 Å². The van der Waals surface area contributed by atoms with Gasteiger partial charge in [0.1, 0.15) is 0 Å². The van der Waals surface area contributed by atoms with Crippen LogP contribution in [0.15, 0.2) is 23.3 Å². The van der Waals surface area contributed by atoms with Gasteiger partial charge in [-0.05, 0) is 37.2 Å². The number of hydrogen-bond acceptors (Lipinski definition) is 8. The van der Waals surface area contributed by atoms with Crippen molar-refractivity contribution in [1.29, 1.82) is 0 Å². The summed E-state index contributed by atoms with van der Waals surface area (Å²) in [5, 5.41) is 0.410. The molecule has 0 aromatic heterocycles. The van der Waals surface area contributed by atoms with Crippen LogP contribution in [0.2, 0.25) is 0 Å². The van der Waals surface area contributed by atoms with Gasteiger partial charge in [0.2, 0.25) is 5.79 Å². The van der Waals surface area contributed by atoms with Crippen molar-refractivity contribution in [3.63, 3.8) is 0 Å². The molecule has 0 radical (unpaired) electrons. The molecule has 34 heavy (non-hydrogen) atoms. The number of halogens is 1. The summed E-state index contributed by atoms with van der Waals surface area (Å²) in [4.78, 5) is 26.5. The first-order valence-electron chi connectivity index (χ1n) is 12.1. The van der Waals surface area contributed by atoms with Gasteiger partial charge in [-0.2, -0.15) is 0 Å². The van der Waals surface area contributed by atoms with Crippen molar-refractivity contribution in [3.8, 4) is 0 Å². The minimum absolute atomic E-state index is 0.0560. The number of carbonyl (C=O) groups is 2. The van der Waals surface area contributed by atoms with Gasteiger partial charge in [-0.25, -0.2) is 9.59 Å². The molecule has 2 aliphatic heterocycles. The van der Waals surface area contributed by atoms with Gasteiger partial charge in [0.25, 0.3) is 0 Å². The van der Waals surface area contributed by atoms with E-state index in [1.807, 2.05) is 6.92 Å². The molecule has 3 aliphatic carbocycles. The predicted octanol–water partition coefficient (Wildman–Crippen LogP) is 3.53. The Morgan fingerprint density at radius 1 is 1.15 bits per heavy atom. The van der Waals surface area contributed by atoms with Gasteiger partial charge in [0, 0.05) is 12.5 Å². The number of alkyl halides is 1. The van der Waals surface area contributed by atoms with E-state index in [1.54, 1.807) is 0 Å². The van der Waals surface area contributed by atoms with Crippen molar-refractivity contribution < 1.29 is 38.0 Å². The van der Waals surface area contributed by atoms with Crippen molar-refractivity contribution in [2.24, 2.45) is 23.7 Å². The van der Waals surface area contributed by atoms with Gasteiger partial charge in [0.15, 0.2) is 11.9 Å². The zero-order chi connectivity index (χ0) is 24.7. The summed E-state index contributed by atoms with van der Waals surface area (Å²) in [5.74, 6) is -3.38. The summed E-state index contributed by atoms with van der Waals surface area (Å²) in [6.07, 6.45) is 3.00. The van der Waals surface area contributed by atoms with E-state index >= 15 is 0 Å². The minimum atomic E-state index is -1.29. The number of unbranched alkanes of at least 4 members (excludes halogenated alkanes) is 1. The first kappa shape index (κ1) is 25.8. The molecule has 3 fully saturated rings. The van der Waals surface area contributed by atoms with E-state index in [1.165, 1.54) is 14.2 Å². The maximum absolute atomic E-state index is 13.3. The van der Waals surface area contributed by atoms with Gasteiger partial charge >= 0.3 is 11.9 Å². The Morgan fingerprint density at radius 3 is 2.41 bits per heavy atom. The van der Waals surface area contributed by atoms with Crippen LogP contribution in [0.4, 0.5) is 0 Å². The molecule has 4 bridgehead atoms. The van der Waals surface area contributed by atoms with Crippen LogP contribution in [0.1, 0.15) is 39.5 Å². The molecule has 7 atom stereocenters. The highest BCUT2D eigenvalue weighted by Crippen LogP contribution is 2.70. The second kappa shape index (κ2) is 10.0. The third kappa shape index (κ3) is 3.45. The zero-order valence-electron chi connectivity index (χ0n) is 20.4. The van der Waals surface area contributed by atoms with E-state index < -0.39 is 41.5 Å².